The molecule has 1 atom stereocenters. The first-order valence-corrected chi connectivity index (χ1v) is 8.48. The zero-order valence-electron chi connectivity index (χ0n) is 12.9. The zero-order valence-corrected chi connectivity index (χ0v) is 14.4. The summed E-state index contributed by atoms with van der Waals surface area (Å²) in [6.07, 6.45) is 1.05. The Hall–Kier alpha value is -0.710. The summed E-state index contributed by atoms with van der Waals surface area (Å²) in [5, 5.41) is 12.8. The lowest BCUT2D eigenvalue weighted by Crippen LogP contribution is -2.44. The minimum atomic E-state index is -0.0539. The molecule has 0 aromatic heterocycles. The fourth-order valence-corrected chi connectivity index (χ4v) is 2.89. The van der Waals surface area contributed by atoms with Gasteiger partial charge in [0.1, 0.15) is 0 Å². The number of benzene rings is 1. The molecule has 1 aromatic rings. The Kier molecular flexibility index (Phi) is 7.57. The number of rotatable bonds is 7. The predicted molar refractivity (Wildman–Crippen MR) is 89.9 cm³/mol. The first kappa shape index (κ1) is 18.3. The molecule has 0 aliphatic heterocycles. The van der Waals surface area contributed by atoms with Gasteiger partial charge in [0.2, 0.25) is 5.91 Å². The second kappa shape index (κ2) is 8.66. The largest absolute Gasteiger partial charge is 0.396 e. The highest BCUT2D eigenvalue weighted by Gasteiger charge is 2.25. The number of hydrogen-bond donors (Lipinski definition) is 2. The van der Waals surface area contributed by atoms with Crippen LogP contribution in [0.4, 0.5) is 0 Å². The lowest BCUT2D eigenvalue weighted by molar-refractivity contribution is -0.122. The van der Waals surface area contributed by atoms with Crippen molar-refractivity contribution in [1.82, 2.24) is 5.32 Å². The Labute approximate surface area is 136 Å². The van der Waals surface area contributed by atoms with Gasteiger partial charge in [0.25, 0.3) is 0 Å². The highest BCUT2D eigenvalue weighted by molar-refractivity contribution is 7.99. The van der Waals surface area contributed by atoms with Crippen LogP contribution < -0.4 is 5.32 Å². The van der Waals surface area contributed by atoms with Gasteiger partial charge in [-0.25, -0.2) is 0 Å². The molecule has 118 valence electrons. The molecule has 1 amide bonds. The van der Waals surface area contributed by atoms with Crippen molar-refractivity contribution >= 4 is 29.3 Å². The van der Waals surface area contributed by atoms with E-state index in [1.165, 1.54) is 0 Å². The summed E-state index contributed by atoms with van der Waals surface area (Å²) in [5.74, 6) is 0.758. The number of thioether (sulfide) groups is 1. The van der Waals surface area contributed by atoms with Gasteiger partial charge < -0.3 is 10.4 Å². The van der Waals surface area contributed by atoms with Gasteiger partial charge in [0.05, 0.1) is 0 Å². The van der Waals surface area contributed by atoms with Crippen molar-refractivity contribution in [3.05, 3.63) is 29.3 Å². The number of amides is 1. The Bertz CT molecular complexity index is 443. The monoisotopic (exact) mass is 329 g/mol. The van der Waals surface area contributed by atoms with E-state index in [2.05, 4.69) is 26.1 Å². The van der Waals surface area contributed by atoms with Crippen molar-refractivity contribution in [2.24, 2.45) is 5.41 Å². The van der Waals surface area contributed by atoms with Crippen LogP contribution in [0, 0.1) is 5.41 Å². The van der Waals surface area contributed by atoms with Crippen LogP contribution in [0.25, 0.3) is 0 Å². The molecule has 1 rings (SSSR count). The molecule has 0 heterocycles. The van der Waals surface area contributed by atoms with Crippen LogP contribution in [-0.4, -0.2) is 29.4 Å². The van der Waals surface area contributed by atoms with Gasteiger partial charge in [-0.05, 0) is 36.1 Å². The summed E-state index contributed by atoms with van der Waals surface area (Å²) in [6.45, 7) is 6.28. The molecular weight excluding hydrogens is 306 g/mol. The molecule has 1 unspecified atom stereocenters. The SMILES string of the molecule is CC(C)(C)C(CCO)NC(=O)CCSc1ccc(Cl)cc1. The maximum absolute atomic E-state index is 12.0. The first-order chi connectivity index (χ1) is 9.82. The Morgan fingerprint density at radius 2 is 1.95 bits per heavy atom. The van der Waals surface area contributed by atoms with E-state index in [-0.39, 0.29) is 24.0 Å². The molecular formula is C16H24ClNO2S. The molecule has 0 saturated carbocycles. The van der Waals surface area contributed by atoms with Crippen LogP contribution in [0.3, 0.4) is 0 Å². The zero-order chi connectivity index (χ0) is 15.9. The van der Waals surface area contributed by atoms with Gasteiger partial charge in [-0.2, -0.15) is 0 Å². The van der Waals surface area contributed by atoms with Crippen LogP contribution in [0.5, 0.6) is 0 Å². The standard InChI is InChI=1S/C16H24ClNO2S/c1-16(2,3)14(8-10-19)18-15(20)9-11-21-13-6-4-12(17)5-7-13/h4-7,14,19H,8-11H2,1-3H3,(H,18,20). The number of carbonyl (C=O) groups is 1. The number of aliphatic hydroxyl groups is 1. The normalized spacial score (nSPS) is 13.0. The molecule has 0 aliphatic carbocycles. The third kappa shape index (κ3) is 7.21. The smallest absolute Gasteiger partial charge is 0.221 e. The van der Waals surface area contributed by atoms with Crippen molar-refractivity contribution in [3.63, 3.8) is 0 Å². The van der Waals surface area contributed by atoms with Crippen molar-refractivity contribution < 1.29 is 9.90 Å². The molecule has 0 saturated heterocycles. The van der Waals surface area contributed by atoms with E-state index in [9.17, 15) is 4.79 Å². The van der Waals surface area contributed by atoms with E-state index in [4.69, 9.17) is 16.7 Å². The van der Waals surface area contributed by atoms with E-state index in [0.29, 0.717) is 17.9 Å². The second-order valence-corrected chi connectivity index (χ2v) is 7.66. The van der Waals surface area contributed by atoms with E-state index in [0.717, 1.165) is 10.6 Å². The van der Waals surface area contributed by atoms with Gasteiger partial charge in [-0.3, -0.25) is 4.79 Å². The fraction of sp³-hybridized carbons (Fsp3) is 0.562. The quantitative estimate of drug-likeness (QED) is 0.749. The highest BCUT2D eigenvalue weighted by Crippen LogP contribution is 2.23. The third-order valence-electron chi connectivity index (χ3n) is 3.21. The molecule has 21 heavy (non-hydrogen) atoms. The number of nitrogens with one attached hydrogen (secondary N) is 1. The van der Waals surface area contributed by atoms with E-state index in [1.54, 1.807) is 11.8 Å². The molecule has 0 fully saturated rings. The average Bonchev–Trinajstić information content (AvgIpc) is 2.39. The number of aliphatic hydroxyl groups excluding tert-OH is 1. The van der Waals surface area contributed by atoms with Crippen LogP contribution in [0.1, 0.15) is 33.6 Å². The lowest BCUT2D eigenvalue weighted by atomic mass is 9.85. The number of carbonyl (C=O) groups excluding carboxylic acids is 1. The molecule has 3 nitrogen and oxygen atoms in total. The summed E-state index contributed by atoms with van der Waals surface area (Å²) in [7, 11) is 0. The van der Waals surface area contributed by atoms with Crippen molar-refractivity contribution in [3.8, 4) is 0 Å². The van der Waals surface area contributed by atoms with Crippen molar-refractivity contribution in [2.75, 3.05) is 12.4 Å². The number of halogens is 1. The minimum Gasteiger partial charge on any atom is -0.396 e. The van der Waals surface area contributed by atoms with Gasteiger partial charge in [-0.15, -0.1) is 11.8 Å². The molecule has 1 aromatic carbocycles. The van der Waals surface area contributed by atoms with Crippen LogP contribution in [0.15, 0.2) is 29.2 Å². The van der Waals surface area contributed by atoms with Gasteiger partial charge in [0, 0.05) is 34.7 Å². The van der Waals surface area contributed by atoms with Crippen LogP contribution in [-0.2, 0) is 4.79 Å². The van der Waals surface area contributed by atoms with Gasteiger partial charge in [0.15, 0.2) is 0 Å². The van der Waals surface area contributed by atoms with Crippen LogP contribution in [0.2, 0.25) is 5.02 Å². The number of hydrogen-bond acceptors (Lipinski definition) is 3. The maximum Gasteiger partial charge on any atom is 0.221 e. The Balaban J connectivity index is 2.37. The molecule has 0 aliphatic rings. The lowest BCUT2D eigenvalue weighted by Gasteiger charge is -2.31. The predicted octanol–water partition coefficient (Wildman–Crippen LogP) is 3.74. The first-order valence-electron chi connectivity index (χ1n) is 7.11. The molecule has 0 spiro atoms. The average molecular weight is 330 g/mol. The fourth-order valence-electron chi connectivity index (χ4n) is 1.91. The molecule has 0 radical (unpaired) electrons. The summed E-state index contributed by atoms with van der Waals surface area (Å²) in [4.78, 5) is 13.1. The highest BCUT2D eigenvalue weighted by atomic mass is 35.5. The summed E-state index contributed by atoms with van der Waals surface area (Å²) in [6, 6.07) is 7.60. The summed E-state index contributed by atoms with van der Waals surface area (Å²) < 4.78 is 0. The van der Waals surface area contributed by atoms with Gasteiger partial charge in [-0.1, -0.05) is 32.4 Å². The third-order valence-corrected chi connectivity index (χ3v) is 4.48. The van der Waals surface area contributed by atoms with E-state index < -0.39 is 0 Å². The molecule has 5 heteroatoms. The second-order valence-electron chi connectivity index (χ2n) is 6.05. The van der Waals surface area contributed by atoms with Crippen molar-refractivity contribution in [2.45, 2.75) is 44.6 Å². The molecule has 2 N–H and O–H groups in total. The topological polar surface area (TPSA) is 49.3 Å². The van der Waals surface area contributed by atoms with Crippen molar-refractivity contribution in [1.29, 1.82) is 0 Å². The summed E-state index contributed by atoms with van der Waals surface area (Å²) in [5.41, 5.74) is -0.0539. The Morgan fingerprint density at radius 3 is 2.48 bits per heavy atom. The molecule has 0 bridgehead atoms. The van der Waals surface area contributed by atoms with E-state index in [1.807, 2.05) is 24.3 Å². The maximum atomic E-state index is 12.0. The van der Waals surface area contributed by atoms with Crippen LogP contribution >= 0.6 is 23.4 Å². The van der Waals surface area contributed by atoms with Gasteiger partial charge >= 0.3 is 0 Å². The van der Waals surface area contributed by atoms with E-state index >= 15 is 0 Å². The Morgan fingerprint density at radius 1 is 1.33 bits per heavy atom. The summed E-state index contributed by atoms with van der Waals surface area (Å²) >= 11 is 7.47. The minimum absolute atomic E-state index is 0.00414.